The predicted octanol–water partition coefficient (Wildman–Crippen LogP) is 2.81. The van der Waals surface area contributed by atoms with Crippen LogP contribution in [0, 0.1) is 5.41 Å². The molecule has 4 heteroatoms. The van der Waals surface area contributed by atoms with Gasteiger partial charge in [0.15, 0.2) is 0 Å². The first-order chi connectivity index (χ1) is 8.90. The molecule has 1 aromatic carbocycles. The number of hydrogen-bond donors (Lipinski definition) is 0. The van der Waals surface area contributed by atoms with E-state index in [-0.39, 0.29) is 11.0 Å². The highest BCUT2D eigenvalue weighted by atomic mass is 32.2. The van der Waals surface area contributed by atoms with E-state index in [1.54, 1.807) is 28.6 Å². The van der Waals surface area contributed by atoms with Crippen molar-refractivity contribution in [2.75, 3.05) is 6.54 Å². The fraction of sp³-hybridized carbons (Fsp3) is 0.467. The van der Waals surface area contributed by atoms with Crippen molar-refractivity contribution in [3.63, 3.8) is 0 Å². The van der Waals surface area contributed by atoms with Gasteiger partial charge in [0.25, 0.3) is 0 Å². The van der Waals surface area contributed by atoms with Gasteiger partial charge < -0.3 is 0 Å². The molecule has 0 aromatic heterocycles. The Morgan fingerprint density at radius 2 is 1.68 bits per heavy atom. The van der Waals surface area contributed by atoms with Gasteiger partial charge in [0, 0.05) is 17.5 Å². The lowest BCUT2D eigenvalue weighted by atomic mass is 9.59. The average Bonchev–Trinajstić information content (AvgIpc) is 2.40. The van der Waals surface area contributed by atoms with E-state index in [9.17, 15) is 8.42 Å². The van der Waals surface area contributed by atoms with E-state index >= 15 is 0 Å². The number of sulfonamides is 1. The van der Waals surface area contributed by atoms with Crippen LogP contribution in [0.1, 0.15) is 26.7 Å². The molecule has 0 radical (unpaired) electrons. The largest absolute Gasteiger partial charge is 0.243 e. The summed E-state index contributed by atoms with van der Waals surface area (Å²) in [6.07, 6.45) is 6.04. The van der Waals surface area contributed by atoms with Crippen LogP contribution in [0.5, 0.6) is 0 Å². The minimum absolute atomic E-state index is 0.0730. The summed E-state index contributed by atoms with van der Waals surface area (Å²) in [7, 11) is -3.37. The Balaban J connectivity index is 2.00. The van der Waals surface area contributed by atoms with Gasteiger partial charge in [-0.25, -0.2) is 8.42 Å². The van der Waals surface area contributed by atoms with Gasteiger partial charge in [-0.15, -0.1) is 0 Å². The molecule has 0 spiro atoms. The van der Waals surface area contributed by atoms with Crippen LogP contribution in [0.15, 0.2) is 47.4 Å². The topological polar surface area (TPSA) is 37.4 Å². The Morgan fingerprint density at radius 1 is 1.05 bits per heavy atom. The van der Waals surface area contributed by atoms with E-state index < -0.39 is 10.0 Å². The molecule has 102 valence electrons. The minimum atomic E-state index is -3.37. The van der Waals surface area contributed by atoms with Crippen molar-refractivity contribution in [1.82, 2.24) is 4.31 Å². The van der Waals surface area contributed by atoms with E-state index in [4.69, 9.17) is 0 Å². The standard InChI is InChI=1S/C15H19NO2S/c1-14-10-6-7-11-15(14,2)16(12-14)19(17,18)13-8-4-3-5-9-13/h3-9H,10-12H2,1-2H3. The molecule has 2 unspecified atom stereocenters. The smallest absolute Gasteiger partial charge is 0.207 e. The van der Waals surface area contributed by atoms with Crippen molar-refractivity contribution in [2.24, 2.45) is 5.41 Å². The van der Waals surface area contributed by atoms with Crippen LogP contribution in [0.2, 0.25) is 0 Å². The fourth-order valence-corrected chi connectivity index (χ4v) is 5.27. The normalized spacial score (nSPS) is 34.6. The molecule has 1 saturated heterocycles. The molecule has 2 aliphatic rings. The summed E-state index contributed by atoms with van der Waals surface area (Å²) in [5.74, 6) is 0. The number of hydrogen-bond acceptors (Lipinski definition) is 2. The highest BCUT2D eigenvalue weighted by Gasteiger charge is 2.62. The van der Waals surface area contributed by atoms with Gasteiger partial charge in [-0.05, 0) is 31.9 Å². The summed E-state index contributed by atoms with van der Waals surface area (Å²) in [5, 5.41) is 0. The van der Waals surface area contributed by atoms with Crippen LogP contribution in [-0.2, 0) is 10.0 Å². The third-order valence-corrected chi connectivity index (χ3v) is 6.91. The second kappa shape index (κ2) is 3.93. The van der Waals surface area contributed by atoms with Crippen molar-refractivity contribution >= 4 is 10.0 Å². The van der Waals surface area contributed by atoms with Gasteiger partial charge in [-0.1, -0.05) is 37.3 Å². The van der Waals surface area contributed by atoms with Crippen LogP contribution in [0.4, 0.5) is 0 Å². The summed E-state index contributed by atoms with van der Waals surface area (Å²) in [6, 6.07) is 8.73. The molecule has 3 rings (SSSR count). The Morgan fingerprint density at radius 3 is 2.32 bits per heavy atom. The molecule has 3 nitrogen and oxygen atoms in total. The third-order valence-electron chi connectivity index (χ3n) is 4.92. The van der Waals surface area contributed by atoms with E-state index in [2.05, 4.69) is 26.0 Å². The summed E-state index contributed by atoms with van der Waals surface area (Å²) in [4.78, 5) is 0.396. The maximum atomic E-state index is 12.7. The molecule has 1 fully saturated rings. The minimum Gasteiger partial charge on any atom is -0.207 e. The Kier molecular flexibility index (Phi) is 2.67. The van der Waals surface area contributed by atoms with E-state index in [0.29, 0.717) is 11.4 Å². The molecule has 1 aliphatic heterocycles. The molecule has 0 amide bonds. The lowest BCUT2D eigenvalue weighted by Gasteiger charge is -2.64. The summed E-state index contributed by atoms with van der Waals surface area (Å²) >= 11 is 0. The monoisotopic (exact) mass is 277 g/mol. The summed E-state index contributed by atoms with van der Waals surface area (Å²) < 4.78 is 27.1. The zero-order valence-corrected chi connectivity index (χ0v) is 12.2. The van der Waals surface area contributed by atoms with Gasteiger partial charge in [-0.2, -0.15) is 4.31 Å². The number of allylic oxidation sites excluding steroid dienone is 1. The van der Waals surface area contributed by atoms with Crippen LogP contribution < -0.4 is 0 Å². The Bertz CT molecular complexity index is 623. The zero-order chi connectivity index (χ0) is 13.7. The highest BCUT2D eigenvalue weighted by Crippen LogP contribution is 2.55. The van der Waals surface area contributed by atoms with Gasteiger partial charge in [0.05, 0.1) is 4.90 Å². The van der Waals surface area contributed by atoms with Crippen LogP contribution in [-0.4, -0.2) is 24.8 Å². The first-order valence-electron chi connectivity index (χ1n) is 6.63. The number of nitrogens with zero attached hydrogens (tertiary/aromatic N) is 1. The Hall–Kier alpha value is -1.13. The molecule has 0 saturated carbocycles. The van der Waals surface area contributed by atoms with Crippen LogP contribution >= 0.6 is 0 Å². The maximum Gasteiger partial charge on any atom is 0.243 e. The second-order valence-corrected chi connectivity index (χ2v) is 7.90. The number of rotatable bonds is 2. The quantitative estimate of drug-likeness (QED) is 0.780. The first kappa shape index (κ1) is 12.9. The van der Waals surface area contributed by atoms with Crippen molar-refractivity contribution < 1.29 is 8.42 Å². The summed E-state index contributed by atoms with van der Waals surface area (Å²) in [6.45, 7) is 4.87. The van der Waals surface area contributed by atoms with Gasteiger partial charge in [0.2, 0.25) is 10.0 Å². The lowest BCUT2D eigenvalue weighted by molar-refractivity contribution is -0.0807. The van der Waals surface area contributed by atoms with E-state index in [1.807, 2.05) is 6.07 Å². The molecular formula is C15H19NO2S. The van der Waals surface area contributed by atoms with Crippen LogP contribution in [0.25, 0.3) is 0 Å². The van der Waals surface area contributed by atoms with Gasteiger partial charge in [0.1, 0.15) is 0 Å². The fourth-order valence-electron chi connectivity index (χ4n) is 3.23. The second-order valence-electron chi connectivity index (χ2n) is 6.04. The summed E-state index contributed by atoms with van der Waals surface area (Å²) in [5.41, 5.74) is -0.208. The van der Waals surface area contributed by atoms with Crippen molar-refractivity contribution in [3.05, 3.63) is 42.5 Å². The predicted molar refractivity (Wildman–Crippen MR) is 75.2 cm³/mol. The number of benzene rings is 1. The molecule has 0 N–H and O–H groups in total. The maximum absolute atomic E-state index is 12.7. The van der Waals surface area contributed by atoms with E-state index in [1.165, 1.54) is 0 Å². The Labute approximate surface area is 115 Å². The average molecular weight is 277 g/mol. The molecular weight excluding hydrogens is 258 g/mol. The van der Waals surface area contributed by atoms with Crippen molar-refractivity contribution in [3.8, 4) is 0 Å². The van der Waals surface area contributed by atoms with Gasteiger partial charge in [-0.3, -0.25) is 0 Å². The molecule has 0 bridgehead atoms. The molecule has 19 heavy (non-hydrogen) atoms. The van der Waals surface area contributed by atoms with Crippen molar-refractivity contribution in [1.29, 1.82) is 0 Å². The molecule has 1 heterocycles. The highest BCUT2D eigenvalue weighted by molar-refractivity contribution is 7.89. The molecule has 1 aromatic rings. The molecule has 1 aliphatic carbocycles. The van der Waals surface area contributed by atoms with Crippen LogP contribution in [0.3, 0.4) is 0 Å². The van der Waals surface area contributed by atoms with Gasteiger partial charge >= 0.3 is 0 Å². The first-order valence-corrected chi connectivity index (χ1v) is 8.07. The lowest BCUT2D eigenvalue weighted by Crippen LogP contribution is -2.73. The zero-order valence-electron chi connectivity index (χ0n) is 11.3. The van der Waals surface area contributed by atoms with E-state index in [0.717, 1.165) is 12.8 Å². The van der Waals surface area contributed by atoms with Crippen molar-refractivity contribution in [2.45, 2.75) is 37.1 Å². The third kappa shape index (κ3) is 1.63. The number of fused-ring (bicyclic) bond motifs is 1. The SMILES string of the molecule is CC12CC=CCC1(C)N(S(=O)(=O)c1ccccc1)C2. The molecule has 2 atom stereocenters.